The average molecular weight is 214 g/mol. The lowest BCUT2D eigenvalue weighted by atomic mass is 10.1. The summed E-state index contributed by atoms with van der Waals surface area (Å²) >= 11 is 0. The highest BCUT2D eigenvalue weighted by atomic mass is 35.5. The second-order valence-electron chi connectivity index (χ2n) is 2.72. The summed E-state index contributed by atoms with van der Waals surface area (Å²) < 4.78 is 13.0. The predicted octanol–water partition coefficient (Wildman–Crippen LogP) is 2.01. The molecule has 0 radical (unpaired) electrons. The second-order valence-corrected chi connectivity index (χ2v) is 2.72. The Bertz CT molecular complexity index is 306. The van der Waals surface area contributed by atoms with Gasteiger partial charge in [-0.15, -0.1) is 18.8 Å². The highest BCUT2D eigenvalue weighted by Gasteiger charge is 1.98. The minimum atomic E-state index is -0.148. The lowest BCUT2D eigenvalue weighted by Crippen LogP contribution is -2.17. The topological polar surface area (TPSA) is 12.0 Å². The maximum Gasteiger partial charge on any atom is 0.126 e. The summed E-state index contributed by atoms with van der Waals surface area (Å²) in [6.45, 7) is 1.25. The third-order valence-electron chi connectivity index (χ3n) is 1.76. The van der Waals surface area contributed by atoms with Gasteiger partial charge in [0.1, 0.15) is 5.82 Å². The van der Waals surface area contributed by atoms with Crippen molar-refractivity contribution >= 4 is 12.4 Å². The highest BCUT2D eigenvalue weighted by molar-refractivity contribution is 5.85. The average Bonchev–Trinajstić information content (AvgIpc) is 2.15. The molecule has 1 rings (SSSR count). The van der Waals surface area contributed by atoms with Crippen molar-refractivity contribution in [3.05, 3.63) is 35.6 Å². The van der Waals surface area contributed by atoms with E-state index in [9.17, 15) is 4.39 Å². The summed E-state index contributed by atoms with van der Waals surface area (Å²) in [6, 6.07) is 6.77. The van der Waals surface area contributed by atoms with E-state index in [1.807, 2.05) is 6.07 Å². The molecule has 0 aromatic heterocycles. The van der Waals surface area contributed by atoms with Crippen molar-refractivity contribution in [2.45, 2.75) is 6.42 Å². The largest absolute Gasteiger partial charge is 0.306 e. The first-order valence-electron chi connectivity index (χ1n) is 4.22. The number of terminal acetylenes is 1. The van der Waals surface area contributed by atoms with Gasteiger partial charge in [0.25, 0.3) is 0 Å². The standard InChI is InChI=1S/C11H12FN.ClH/c1-2-8-13-9-7-10-5-3-4-6-11(10)12;/h1,3-6,13H,7-9H2;1H. The number of rotatable bonds is 4. The predicted molar refractivity (Wildman–Crippen MR) is 59.1 cm³/mol. The Balaban J connectivity index is 0.00000169. The first-order chi connectivity index (χ1) is 6.34. The number of benzene rings is 1. The third kappa shape index (κ3) is 4.27. The molecular formula is C11H13ClFN. The summed E-state index contributed by atoms with van der Waals surface area (Å²) in [5.41, 5.74) is 0.729. The lowest BCUT2D eigenvalue weighted by Gasteiger charge is -2.02. The molecule has 0 atom stereocenters. The molecule has 0 saturated heterocycles. The maximum absolute atomic E-state index is 13.0. The van der Waals surface area contributed by atoms with Gasteiger partial charge in [-0.3, -0.25) is 0 Å². The van der Waals surface area contributed by atoms with Crippen LogP contribution in [-0.4, -0.2) is 13.1 Å². The Hall–Kier alpha value is -1.04. The Morgan fingerprint density at radius 3 is 2.71 bits per heavy atom. The smallest absolute Gasteiger partial charge is 0.126 e. The molecule has 1 aromatic rings. The first kappa shape index (κ1) is 13.0. The minimum Gasteiger partial charge on any atom is -0.306 e. The van der Waals surface area contributed by atoms with Crippen molar-refractivity contribution in [3.63, 3.8) is 0 Å². The second kappa shape index (κ2) is 7.37. The van der Waals surface area contributed by atoms with E-state index in [1.54, 1.807) is 12.1 Å². The van der Waals surface area contributed by atoms with E-state index in [2.05, 4.69) is 11.2 Å². The van der Waals surface area contributed by atoms with Crippen LogP contribution in [0.25, 0.3) is 0 Å². The molecule has 0 bridgehead atoms. The third-order valence-corrected chi connectivity index (χ3v) is 1.76. The fraction of sp³-hybridized carbons (Fsp3) is 0.273. The number of hydrogen-bond acceptors (Lipinski definition) is 1. The summed E-state index contributed by atoms with van der Waals surface area (Å²) in [5.74, 6) is 2.32. The van der Waals surface area contributed by atoms with Crippen LogP contribution < -0.4 is 5.32 Å². The van der Waals surface area contributed by atoms with Crippen LogP contribution in [0.1, 0.15) is 5.56 Å². The molecular weight excluding hydrogens is 201 g/mol. The van der Waals surface area contributed by atoms with Crippen molar-refractivity contribution < 1.29 is 4.39 Å². The maximum atomic E-state index is 13.0. The molecule has 0 saturated carbocycles. The molecule has 0 heterocycles. The van der Waals surface area contributed by atoms with Crippen LogP contribution in [0.5, 0.6) is 0 Å². The van der Waals surface area contributed by atoms with Gasteiger partial charge in [-0.05, 0) is 18.1 Å². The van der Waals surface area contributed by atoms with Gasteiger partial charge in [-0.2, -0.15) is 0 Å². The zero-order valence-corrected chi connectivity index (χ0v) is 8.61. The van der Waals surface area contributed by atoms with E-state index in [1.165, 1.54) is 6.07 Å². The van der Waals surface area contributed by atoms with Gasteiger partial charge in [0.15, 0.2) is 0 Å². The van der Waals surface area contributed by atoms with Gasteiger partial charge in [-0.1, -0.05) is 24.1 Å². The monoisotopic (exact) mass is 213 g/mol. The summed E-state index contributed by atoms with van der Waals surface area (Å²) in [6.07, 6.45) is 5.73. The molecule has 1 nitrogen and oxygen atoms in total. The van der Waals surface area contributed by atoms with Crippen LogP contribution in [0.15, 0.2) is 24.3 Å². The molecule has 0 aliphatic carbocycles. The SMILES string of the molecule is C#CCNCCc1ccccc1F.Cl. The Morgan fingerprint density at radius 1 is 1.36 bits per heavy atom. The molecule has 0 amide bonds. The zero-order valence-electron chi connectivity index (χ0n) is 7.79. The van der Waals surface area contributed by atoms with E-state index in [0.717, 1.165) is 5.56 Å². The van der Waals surface area contributed by atoms with Crippen molar-refractivity contribution in [1.82, 2.24) is 5.32 Å². The first-order valence-corrected chi connectivity index (χ1v) is 4.22. The van der Waals surface area contributed by atoms with Crippen molar-refractivity contribution in [2.75, 3.05) is 13.1 Å². The number of nitrogens with one attached hydrogen (secondary N) is 1. The molecule has 76 valence electrons. The van der Waals surface area contributed by atoms with Crippen LogP contribution >= 0.6 is 12.4 Å². The van der Waals surface area contributed by atoms with Crippen LogP contribution in [0.2, 0.25) is 0 Å². The van der Waals surface area contributed by atoms with E-state index < -0.39 is 0 Å². The van der Waals surface area contributed by atoms with Crippen LogP contribution in [-0.2, 0) is 6.42 Å². The summed E-state index contributed by atoms with van der Waals surface area (Å²) in [7, 11) is 0. The number of hydrogen-bond donors (Lipinski definition) is 1. The van der Waals surface area contributed by atoms with E-state index in [-0.39, 0.29) is 18.2 Å². The van der Waals surface area contributed by atoms with Crippen LogP contribution in [0.3, 0.4) is 0 Å². The van der Waals surface area contributed by atoms with Crippen molar-refractivity contribution in [3.8, 4) is 12.3 Å². The molecule has 1 N–H and O–H groups in total. The molecule has 3 heteroatoms. The molecule has 0 aliphatic heterocycles. The van der Waals surface area contributed by atoms with E-state index in [4.69, 9.17) is 6.42 Å². The fourth-order valence-electron chi connectivity index (χ4n) is 1.08. The van der Waals surface area contributed by atoms with Gasteiger partial charge >= 0.3 is 0 Å². The number of halogens is 2. The summed E-state index contributed by atoms with van der Waals surface area (Å²) in [4.78, 5) is 0. The quantitative estimate of drug-likeness (QED) is 0.596. The van der Waals surface area contributed by atoms with Gasteiger partial charge in [-0.25, -0.2) is 4.39 Å². The van der Waals surface area contributed by atoms with E-state index in [0.29, 0.717) is 19.5 Å². The highest BCUT2D eigenvalue weighted by Crippen LogP contribution is 2.05. The molecule has 0 spiro atoms. The van der Waals surface area contributed by atoms with Crippen LogP contribution in [0.4, 0.5) is 4.39 Å². The molecule has 1 aromatic carbocycles. The fourth-order valence-corrected chi connectivity index (χ4v) is 1.08. The molecule has 0 aliphatic rings. The Kier molecular flexibility index (Phi) is 6.82. The minimum absolute atomic E-state index is 0. The van der Waals surface area contributed by atoms with Gasteiger partial charge in [0.05, 0.1) is 6.54 Å². The zero-order chi connectivity index (χ0) is 9.52. The van der Waals surface area contributed by atoms with Crippen molar-refractivity contribution in [2.24, 2.45) is 0 Å². The van der Waals surface area contributed by atoms with Crippen molar-refractivity contribution in [1.29, 1.82) is 0 Å². The van der Waals surface area contributed by atoms with Gasteiger partial charge in [0, 0.05) is 6.54 Å². The van der Waals surface area contributed by atoms with Gasteiger partial charge < -0.3 is 5.32 Å². The Labute approximate surface area is 90.1 Å². The molecule has 0 fully saturated rings. The lowest BCUT2D eigenvalue weighted by molar-refractivity contribution is 0.603. The van der Waals surface area contributed by atoms with Gasteiger partial charge in [0.2, 0.25) is 0 Å². The van der Waals surface area contributed by atoms with Crippen LogP contribution in [0, 0.1) is 18.2 Å². The summed E-state index contributed by atoms with van der Waals surface area (Å²) in [5, 5.41) is 3.01. The normalized spacial score (nSPS) is 8.86. The molecule has 0 unspecified atom stereocenters. The van der Waals surface area contributed by atoms with E-state index >= 15 is 0 Å². The Morgan fingerprint density at radius 2 is 2.07 bits per heavy atom. The molecule has 14 heavy (non-hydrogen) atoms.